The SMILES string of the molecule is CCCC(NC(=O)C(NC(=O)CC)C(C)C)C(=O)NCC(=O)O. The van der Waals surface area contributed by atoms with E-state index in [-0.39, 0.29) is 18.2 Å². The van der Waals surface area contributed by atoms with E-state index in [1.54, 1.807) is 20.8 Å². The van der Waals surface area contributed by atoms with Gasteiger partial charge in [-0.25, -0.2) is 0 Å². The monoisotopic (exact) mass is 329 g/mol. The van der Waals surface area contributed by atoms with Gasteiger partial charge in [-0.05, 0) is 12.3 Å². The second kappa shape index (κ2) is 10.6. The van der Waals surface area contributed by atoms with Crippen molar-refractivity contribution in [3.8, 4) is 0 Å². The van der Waals surface area contributed by atoms with Gasteiger partial charge in [0.1, 0.15) is 18.6 Å². The third kappa shape index (κ3) is 8.18. The van der Waals surface area contributed by atoms with Crippen LogP contribution in [0.4, 0.5) is 0 Å². The molecule has 0 bridgehead atoms. The Bertz CT molecular complexity index is 437. The predicted octanol–water partition coefficient (Wildman–Crippen LogP) is 0.0229. The highest BCUT2D eigenvalue weighted by molar-refractivity contribution is 5.92. The van der Waals surface area contributed by atoms with E-state index in [0.29, 0.717) is 12.8 Å². The fourth-order valence-electron chi connectivity index (χ4n) is 1.92. The molecule has 132 valence electrons. The van der Waals surface area contributed by atoms with Crippen LogP contribution in [0.3, 0.4) is 0 Å². The Hall–Kier alpha value is -2.12. The van der Waals surface area contributed by atoms with Crippen molar-refractivity contribution < 1.29 is 24.3 Å². The van der Waals surface area contributed by atoms with Crippen molar-refractivity contribution in [1.29, 1.82) is 0 Å². The molecule has 2 atom stereocenters. The molecule has 23 heavy (non-hydrogen) atoms. The summed E-state index contributed by atoms with van der Waals surface area (Å²) in [5.74, 6) is -2.55. The Labute approximate surface area is 136 Å². The molecule has 0 saturated heterocycles. The second-order valence-corrected chi connectivity index (χ2v) is 5.60. The molecule has 0 aliphatic heterocycles. The molecule has 0 saturated carbocycles. The van der Waals surface area contributed by atoms with Crippen molar-refractivity contribution in [3.05, 3.63) is 0 Å². The molecule has 0 aromatic heterocycles. The molecule has 0 aliphatic carbocycles. The summed E-state index contributed by atoms with van der Waals surface area (Å²) < 4.78 is 0. The van der Waals surface area contributed by atoms with Crippen LogP contribution in [0.15, 0.2) is 0 Å². The van der Waals surface area contributed by atoms with Gasteiger partial charge in [-0.15, -0.1) is 0 Å². The maximum atomic E-state index is 12.3. The van der Waals surface area contributed by atoms with Crippen molar-refractivity contribution in [2.75, 3.05) is 6.54 Å². The van der Waals surface area contributed by atoms with E-state index in [4.69, 9.17) is 5.11 Å². The van der Waals surface area contributed by atoms with Crippen LogP contribution >= 0.6 is 0 Å². The van der Waals surface area contributed by atoms with E-state index in [2.05, 4.69) is 16.0 Å². The van der Waals surface area contributed by atoms with Crippen molar-refractivity contribution in [2.45, 2.75) is 59.0 Å². The van der Waals surface area contributed by atoms with Gasteiger partial charge in [0.25, 0.3) is 0 Å². The minimum absolute atomic E-state index is 0.144. The number of aliphatic carboxylic acids is 1. The molecule has 4 N–H and O–H groups in total. The van der Waals surface area contributed by atoms with E-state index in [1.165, 1.54) is 0 Å². The van der Waals surface area contributed by atoms with Crippen molar-refractivity contribution in [2.24, 2.45) is 5.92 Å². The van der Waals surface area contributed by atoms with Crippen LogP contribution in [0, 0.1) is 5.92 Å². The second-order valence-electron chi connectivity index (χ2n) is 5.60. The number of amides is 3. The Morgan fingerprint density at radius 2 is 1.61 bits per heavy atom. The van der Waals surface area contributed by atoms with Gasteiger partial charge < -0.3 is 21.1 Å². The minimum Gasteiger partial charge on any atom is -0.480 e. The maximum Gasteiger partial charge on any atom is 0.322 e. The van der Waals surface area contributed by atoms with Gasteiger partial charge in [-0.1, -0.05) is 34.1 Å². The molecule has 0 aromatic rings. The van der Waals surface area contributed by atoms with Gasteiger partial charge in [-0.3, -0.25) is 19.2 Å². The van der Waals surface area contributed by atoms with Crippen LogP contribution in [0.25, 0.3) is 0 Å². The lowest BCUT2D eigenvalue weighted by molar-refractivity contribution is -0.138. The molecular weight excluding hydrogens is 302 g/mol. The van der Waals surface area contributed by atoms with Crippen molar-refractivity contribution in [1.82, 2.24) is 16.0 Å². The molecule has 8 nitrogen and oxygen atoms in total. The molecule has 2 unspecified atom stereocenters. The molecular formula is C15H27N3O5. The molecule has 3 amide bonds. The first-order valence-electron chi connectivity index (χ1n) is 7.82. The number of carboxylic acid groups (broad SMARTS) is 1. The van der Waals surface area contributed by atoms with Gasteiger partial charge in [0.05, 0.1) is 0 Å². The Morgan fingerprint density at radius 1 is 1.00 bits per heavy atom. The molecule has 0 spiro atoms. The quantitative estimate of drug-likeness (QED) is 0.450. The third-order valence-corrected chi connectivity index (χ3v) is 3.21. The summed E-state index contributed by atoms with van der Waals surface area (Å²) in [6, 6.07) is -1.57. The third-order valence-electron chi connectivity index (χ3n) is 3.21. The molecule has 0 radical (unpaired) electrons. The Morgan fingerprint density at radius 3 is 2.04 bits per heavy atom. The van der Waals surface area contributed by atoms with Crippen LogP contribution in [0.5, 0.6) is 0 Å². The lowest BCUT2D eigenvalue weighted by Gasteiger charge is -2.25. The van der Waals surface area contributed by atoms with E-state index < -0.39 is 36.4 Å². The Balaban J connectivity index is 4.87. The molecule has 0 fully saturated rings. The summed E-state index contributed by atoms with van der Waals surface area (Å²) >= 11 is 0. The first-order chi connectivity index (χ1) is 10.7. The summed E-state index contributed by atoms with van der Waals surface area (Å²) in [7, 11) is 0. The normalized spacial score (nSPS) is 13.1. The number of carbonyl (C=O) groups is 4. The van der Waals surface area contributed by atoms with E-state index in [1.807, 2.05) is 6.92 Å². The molecule has 8 heteroatoms. The van der Waals surface area contributed by atoms with Gasteiger partial charge in [0, 0.05) is 6.42 Å². The predicted molar refractivity (Wildman–Crippen MR) is 84.5 cm³/mol. The molecule has 0 rings (SSSR count). The van der Waals surface area contributed by atoms with E-state index in [9.17, 15) is 19.2 Å². The van der Waals surface area contributed by atoms with Crippen molar-refractivity contribution in [3.63, 3.8) is 0 Å². The largest absolute Gasteiger partial charge is 0.480 e. The highest BCUT2D eigenvalue weighted by atomic mass is 16.4. The first-order valence-corrected chi connectivity index (χ1v) is 7.82. The summed E-state index contributed by atoms with van der Waals surface area (Å²) in [6.07, 6.45) is 1.27. The average Bonchev–Trinajstić information content (AvgIpc) is 2.48. The summed E-state index contributed by atoms with van der Waals surface area (Å²) in [5, 5.41) is 16.1. The van der Waals surface area contributed by atoms with Gasteiger partial charge in [0.15, 0.2) is 0 Å². The number of hydrogen-bond acceptors (Lipinski definition) is 4. The summed E-state index contributed by atoms with van der Waals surface area (Å²) in [4.78, 5) is 46.3. The molecule has 0 aromatic carbocycles. The van der Waals surface area contributed by atoms with Gasteiger partial charge >= 0.3 is 5.97 Å². The Kier molecular flexibility index (Phi) is 9.60. The standard InChI is InChI=1S/C15H27N3O5/c1-5-7-10(14(22)16-8-12(20)21)17-15(23)13(9(3)4)18-11(19)6-2/h9-10,13H,5-8H2,1-4H3,(H,16,22)(H,17,23)(H,18,19)(H,20,21). The fraction of sp³-hybridized carbons (Fsp3) is 0.733. The highest BCUT2D eigenvalue weighted by Gasteiger charge is 2.28. The van der Waals surface area contributed by atoms with Gasteiger partial charge in [0.2, 0.25) is 17.7 Å². The number of rotatable bonds is 10. The summed E-state index contributed by atoms with van der Waals surface area (Å²) in [6.45, 7) is 6.61. The number of carboxylic acids is 1. The summed E-state index contributed by atoms with van der Waals surface area (Å²) in [5.41, 5.74) is 0. The smallest absolute Gasteiger partial charge is 0.322 e. The van der Waals surface area contributed by atoms with Crippen molar-refractivity contribution >= 4 is 23.7 Å². The number of nitrogens with one attached hydrogen (secondary N) is 3. The molecule has 0 aliphatic rings. The van der Waals surface area contributed by atoms with E-state index >= 15 is 0 Å². The average molecular weight is 329 g/mol. The number of hydrogen-bond donors (Lipinski definition) is 4. The molecule has 0 heterocycles. The van der Waals surface area contributed by atoms with Crippen LogP contribution < -0.4 is 16.0 Å². The first kappa shape index (κ1) is 20.9. The minimum atomic E-state index is -1.16. The number of carbonyl (C=O) groups excluding carboxylic acids is 3. The lowest BCUT2D eigenvalue weighted by Crippen LogP contribution is -2.55. The highest BCUT2D eigenvalue weighted by Crippen LogP contribution is 2.05. The van der Waals surface area contributed by atoms with E-state index in [0.717, 1.165) is 0 Å². The van der Waals surface area contributed by atoms with Gasteiger partial charge in [-0.2, -0.15) is 0 Å². The maximum absolute atomic E-state index is 12.3. The van der Waals surface area contributed by atoms with Crippen LogP contribution in [-0.4, -0.2) is 47.4 Å². The lowest BCUT2D eigenvalue weighted by atomic mass is 10.0. The van der Waals surface area contributed by atoms with Crippen LogP contribution in [0.2, 0.25) is 0 Å². The zero-order valence-electron chi connectivity index (χ0n) is 14.1. The van der Waals surface area contributed by atoms with Crippen LogP contribution in [-0.2, 0) is 19.2 Å². The zero-order valence-corrected chi connectivity index (χ0v) is 14.1. The fourth-order valence-corrected chi connectivity index (χ4v) is 1.92. The topological polar surface area (TPSA) is 125 Å². The van der Waals surface area contributed by atoms with Crippen LogP contribution in [0.1, 0.15) is 47.0 Å². The zero-order chi connectivity index (χ0) is 18.0.